The highest BCUT2D eigenvalue weighted by Gasteiger charge is 2.24. The zero-order valence-corrected chi connectivity index (χ0v) is 10.6. The average Bonchev–Trinajstić information content (AvgIpc) is 2.75. The zero-order chi connectivity index (χ0) is 13.0. The Morgan fingerprint density at radius 3 is 2.89 bits per heavy atom. The molecule has 1 aliphatic rings. The fraction of sp³-hybridized carbons (Fsp3) is 0.500. The van der Waals surface area contributed by atoms with Gasteiger partial charge in [-0.1, -0.05) is 18.2 Å². The van der Waals surface area contributed by atoms with Crippen LogP contribution in [0, 0.1) is 0 Å². The van der Waals surface area contributed by atoms with Crippen LogP contribution in [0.1, 0.15) is 24.8 Å². The highest BCUT2D eigenvalue weighted by Crippen LogP contribution is 2.20. The third-order valence-electron chi connectivity index (χ3n) is 3.31. The van der Waals surface area contributed by atoms with Gasteiger partial charge in [-0.05, 0) is 25.3 Å². The van der Waals surface area contributed by atoms with Crippen molar-refractivity contribution in [2.24, 2.45) is 0 Å². The van der Waals surface area contributed by atoms with Gasteiger partial charge in [0.1, 0.15) is 5.75 Å². The molecule has 0 aliphatic heterocycles. The molecule has 1 amide bonds. The molecule has 1 saturated carbocycles. The van der Waals surface area contributed by atoms with Crippen molar-refractivity contribution in [1.29, 1.82) is 0 Å². The number of hydrogen-bond donors (Lipinski definition) is 2. The van der Waals surface area contributed by atoms with Crippen LogP contribution < -0.4 is 10.1 Å². The number of benzene rings is 1. The Morgan fingerprint density at radius 2 is 2.22 bits per heavy atom. The number of amides is 1. The van der Waals surface area contributed by atoms with E-state index in [1.807, 2.05) is 24.3 Å². The Labute approximate surface area is 107 Å². The van der Waals surface area contributed by atoms with Crippen molar-refractivity contribution in [1.82, 2.24) is 5.32 Å². The first kappa shape index (κ1) is 12.9. The van der Waals surface area contributed by atoms with E-state index in [0.717, 1.165) is 24.2 Å². The van der Waals surface area contributed by atoms with Gasteiger partial charge >= 0.3 is 0 Å². The molecule has 0 unspecified atom stereocenters. The number of carbonyl (C=O) groups excluding carboxylic acids is 1. The molecule has 1 aliphatic carbocycles. The molecule has 1 aromatic carbocycles. The van der Waals surface area contributed by atoms with Crippen molar-refractivity contribution in [3.05, 3.63) is 29.8 Å². The number of para-hydroxylation sites is 1. The molecule has 0 bridgehead atoms. The standard InChI is InChI=1S/C14H19NO3/c1-18-13-5-3-2-4-10(13)8-14(17)15-11-6-7-12(16)9-11/h2-5,11-12,16H,6-9H2,1H3,(H,15,17)/t11-,12+/m0/s1. The van der Waals surface area contributed by atoms with Gasteiger partial charge in [-0.2, -0.15) is 0 Å². The van der Waals surface area contributed by atoms with Crippen molar-refractivity contribution in [2.75, 3.05) is 7.11 Å². The molecule has 4 heteroatoms. The first-order chi connectivity index (χ1) is 8.69. The first-order valence-electron chi connectivity index (χ1n) is 6.28. The molecule has 4 nitrogen and oxygen atoms in total. The van der Waals surface area contributed by atoms with E-state index in [2.05, 4.69) is 5.32 Å². The summed E-state index contributed by atoms with van der Waals surface area (Å²) in [7, 11) is 1.60. The first-order valence-corrected chi connectivity index (χ1v) is 6.28. The average molecular weight is 249 g/mol. The third kappa shape index (κ3) is 3.23. The van der Waals surface area contributed by atoms with Gasteiger partial charge in [0.15, 0.2) is 0 Å². The van der Waals surface area contributed by atoms with E-state index in [9.17, 15) is 9.90 Å². The van der Waals surface area contributed by atoms with Gasteiger partial charge in [0.05, 0.1) is 19.6 Å². The van der Waals surface area contributed by atoms with E-state index < -0.39 is 0 Å². The number of nitrogens with one attached hydrogen (secondary N) is 1. The second kappa shape index (κ2) is 5.87. The predicted octanol–water partition coefficient (Wildman–Crippen LogP) is 1.27. The molecule has 1 aromatic rings. The topological polar surface area (TPSA) is 58.6 Å². The van der Waals surface area contributed by atoms with Gasteiger partial charge in [-0.15, -0.1) is 0 Å². The van der Waals surface area contributed by atoms with E-state index in [0.29, 0.717) is 12.8 Å². The number of aliphatic hydroxyl groups is 1. The lowest BCUT2D eigenvalue weighted by atomic mass is 10.1. The fourth-order valence-electron chi connectivity index (χ4n) is 2.39. The Kier molecular flexibility index (Phi) is 4.20. The van der Waals surface area contributed by atoms with Crippen molar-refractivity contribution in [3.8, 4) is 5.75 Å². The summed E-state index contributed by atoms with van der Waals surface area (Å²) in [5.74, 6) is 0.720. The molecular weight excluding hydrogens is 230 g/mol. The quantitative estimate of drug-likeness (QED) is 0.844. The number of ether oxygens (including phenoxy) is 1. The molecule has 0 spiro atoms. The second-order valence-corrected chi connectivity index (χ2v) is 4.72. The van der Waals surface area contributed by atoms with E-state index in [-0.39, 0.29) is 18.1 Å². The van der Waals surface area contributed by atoms with E-state index >= 15 is 0 Å². The van der Waals surface area contributed by atoms with Crippen LogP contribution in [0.4, 0.5) is 0 Å². The lowest BCUT2D eigenvalue weighted by Gasteiger charge is -2.13. The van der Waals surface area contributed by atoms with Gasteiger partial charge in [0.25, 0.3) is 0 Å². The second-order valence-electron chi connectivity index (χ2n) is 4.72. The van der Waals surface area contributed by atoms with Crippen molar-refractivity contribution < 1.29 is 14.6 Å². The predicted molar refractivity (Wildman–Crippen MR) is 68.5 cm³/mol. The minimum absolute atomic E-state index is 0.0152. The number of methoxy groups -OCH3 is 1. The summed E-state index contributed by atoms with van der Waals surface area (Å²) in [6.07, 6.45) is 2.36. The summed E-state index contributed by atoms with van der Waals surface area (Å²) in [5.41, 5.74) is 0.885. The van der Waals surface area contributed by atoms with Crippen LogP contribution in [0.3, 0.4) is 0 Å². The van der Waals surface area contributed by atoms with Crippen LogP contribution in [-0.4, -0.2) is 30.3 Å². The van der Waals surface area contributed by atoms with Gasteiger partial charge < -0.3 is 15.2 Å². The molecule has 0 saturated heterocycles. The molecule has 98 valence electrons. The normalized spacial score (nSPS) is 22.8. The fourth-order valence-corrected chi connectivity index (χ4v) is 2.39. The zero-order valence-electron chi connectivity index (χ0n) is 10.6. The van der Waals surface area contributed by atoms with E-state index in [1.165, 1.54) is 0 Å². The van der Waals surface area contributed by atoms with Crippen LogP contribution in [-0.2, 0) is 11.2 Å². The molecule has 1 fully saturated rings. The van der Waals surface area contributed by atoms with Gasteiger partial charge in [0.2, 0.25) is 5.91 Å². The van der Waals surface area contributed by atoms with Gasteiger partial charge in [-0.3, -0.25) is 4.79 Å². The molecule has 2 N–H and O–H groups in total. The largest absolute Gasteiger partial charge is 0.496 e. The monoisotopic (exact) mass is 249 g/mol. The number of hydrogen-bond acceptors (Lipinski definition) is 3. The molecule has 0 aromatic heterocycles. The SMILES string of the molecule is COc1ccccc1CC(=O)N[C@H]1CC[C@@H](O)C1. The minimum atomic E-state index is -0.262. The summed E-state index contributed by atoms with van der Waals surface area (Å²) in [6.45, 7) is 0. The maximum absolute atomic E-state index is 11.9. The maximum atomic E-state index is 11.9. The Morgan fingerprint density at radius 1 is 1.44 bits per heavy atom. The maximum Gasteiger partial charge on any atom is 0.224 e. The van der Waals surface area contributed by atoms with Crippen molar-refractivity contribution in [2.45, 2.75) is 37.8 Å². The van der Waals surface area contributed by atoms with Crippen LogP contribution in [0.2, 0.25) is 0 Å². The Balaban J connectivity index is 1.91. The summed E-state index contributed by atoms with van der Waals surface area (Å²) in [5, 5.41) is 12.4. The Bertz CT molecular complexity index is 419. The van der Waals surface area contributed by atoms with Gasteiger partial charge in [-0.25, -0.2) is 0 Å². The van der Waals surface area contributed by atoms with E-state index in [1.54, 1.807) is 7.11 Å². The molecule has 0 radical (unpaired) electrons. The summed E-state index contributed by atoms with van der Waals surface area (Å²) < 4.78 is 5.21. The smallest absolute Gasteiger partial charge is 0.224 e. The minimum Gasteiger partial charge on any atom is -0.496 e. The van der Waals surface area contributed by atoms with Gasteiger partial charge in [0, 0.05) is 11.6 Å². The lowest BCUT2D eigenvalue weighted by molar-refractivity contribution is -0.121. The molecule has 2 rings (SSSR count). The third-order valence-corrected chi connectivity index (χ3v) is 3.31. The highest BCUT2D eigenvalue weighted by atomic mass is 16.5. The molecule has 0 heterocycles. The highest BCUT2D eigenvalue weighted by molar-refractivity contribution is 5.79. The van der Waals surface area contributed by atoms with E-state index in [4.69, 9.17) is 4.74 Å². The van der Waals surface area contributed by atoms with Crippen LogP contribution >= 0.6 is 0 Å². The van der Waals surface area contributed by atoms with Crippen LogP contribution in [0.15, 0.2) is 24.3 Å². The molecule has 18 heavy (non-hydrogen) atoms. The summed E-state index contributed by atoms with van der Waals surface area (Å²) >= 11 is 0. The number of aliphatic hydroxyl groups excluding tert-OH is 1. The molecular formula is C14H19NO3. The number of rotatable bonds is 4. The van der Waals surface area contributed by atoms with Crippen molar-refractivity contribution >= 4 is 5.91 Å². The number of carbonyl (C=O) groups is 1. The van der Waals surface area contributed by atoms with Crippen molar-refractivity contribution in [3.63, 3.8) is 0 Å². The van der Waals surface area contributed by atoms with Crippen LogP contribution in [0.5, 0.6) is 5.75 Å². The summed E-state index contributed by atoms with van der Waals surface area (Å²) in [4.78, 5) is 11.9. The lowest BCUT2D eigenvalue weighted by Crippen LogP contribution is -2.34. The Hall–Kier alpha value is -1.55. The summed E-state index contributed by atoms with van der Waals surface area (Å²) in [6, 6.07) is 7.63. The van der Waals surface area contributed by atoms with Crippen LogP contribution in [0.25, 0.3) is 0 Å². The molecule has 2 atom stereocenters.